The van der Waals surface area contributed by atoms with Gasteiger partial charge in [-0.15, -0.1) is 0 Å². The molecule has 0 bridgehead atoms. The summed E-state index contributed by atoms with van der Waals surface area (Å²) in [6, 6.07) is 25.0. The number of phenols is 4. The zero-order valence-electron chi connectivity index (χ0n) is 17.6. The molecule has 4 aromatic carbocycles. The number of hydrogen-bond acceptors (Lipinski definition) is 6. The van der Waals surface area contributed by atoms with Crippen molar-refractivity contribution in [1.82, 2.24) is 0 Å². The summed E-state index contributed by atoms with van der Waals surface area (Å²) in [5, 5.41) is 38.8. The van der Waals surface area contributed by atoms with Crippen LogP contribution in [0.1, 0.15) is 22.3 Å². The lowest BCUT2D eigenvalue weighted by Crippen LogP contribution is -1.87. The molecule has 164 valence electrons. The molecule has 0 aromatic heterocycles. The number of para-hydroxylation sites is 2. The van der Waals surface area contributed by atoms with Crippen molar-refractivity contribution in [2.45, 2.75) is 6.42 Å². The van der Waals surface area contributed by atoms with Crippen molar-refractivity contribution in [3.05, 3.63) is 107 Å². The average molecular weight is 438 g/mol. The Morgan fingerprint density at radius 1 is 0.515 bits per heavy atom. The predicted octanol–water partition coefficient (Wildman–Crippen LogP) is 5.60. The molecule has 0 aliphatic carbocycles. The summed E-state index contributed by atoms with van der Waals surface area (Å²) in [7, 11) is 0. The molecule has 0 spiro atoms. The first-order chi connectivity index (χ1) is 16.0. The maximum atomic E-state index is 9.85. The van der Waals surface area contributed by atoms with Crippen LogP contribution in [0.25, 0.3) is 0 Å². The zero-order chi connectivity index (χ0) is 23.2. The van der Waals surface area contributed by atoms with E-state index in [1.807, 2.05) is 48.5 Å². The molecule has 0 saturated heterocycles. The van der Waals surface area contributed by atoms with Crippen molar-refractivity contribution in [2.24, 2.45) is 9.98 Å². The van der Waals surface area contributed by atoms with Crippen LogP contribution in [0.4, 0.5) is 11.4 Å². The molecule has 6 heteroatoms. The van der Waals surface area contributed by atoms with Gasteiger partial charge in [0.25, 0.3) is 0 Å². The zero-order valence-corrected chi connectivity index (χ0v) is 17.6. The average Bonchev–Trinajstić information content (AvgIpc) is 2.83. The van der Waals surface area contributed by atoms with Gasteiger partial charge in [0.1, 0.15) is 0 Å². The highest BCUT2D eigenvalue weighted by Gasteiger charge is 2.04. The second-order valence-corrected chi connectivity index (χ2v) is 7.46. The van der Waals surface area contributed by atoms with Gasteiger partial charge in [0.05, 0.1) is 11.4 Å². The van der Waals surface area contributed by atoms with E-state index in [2.05, 4.69) is 9.98 Å². The van der Waals surface area contributed by atoms with Gasteiger partial charge in [-0.25, -0.2) is 0 Å². The van der Waals surface area contributed by atoms with Gasteiger partial charge in [-0.05, 0) is 66.1 Å². The third-order valence-electron chi connectivity index (χ3n) is 5.08. The summed E-state index contributed by atoms with van der Waals surface area (Å²) < 4.78 is 0. The fourth-order valence-corrected chi connectivity index (χ4v) is 3.23. The van der Waals surface area contributed by atoms with Crippen LogP contribution in [0.15, 0.2) is 94.9 Å². The molecular weight excluding hydrogens is 416 g/mol. The molecule has 0 heterocycles. The molecule has 0 radical (unpaired) electrons. The van der Waals surface area contributed by atoms with Crippen LogP contribution in [0.3, 0.4) is 0 Å². The van der Waals surface area contributed by atoms with Gasteiger partial charge in [0.2, 0.25) is 0 Å². The third kappa shape index (κ3) is 5.37. The Morgan fingerprint density at radius 2 is 0.909 bits per heavy atom. The van der Waals surface area contributed by atoms with Gasteiger partial charge < -0.3 is 20.4 Å². The highest BCUT2D eigenvalue weighted by atomic mass is 16.3. The summed E-state index contributed by atoms with van der Waals surface area (Å²) in [6.45, 7) is 0. The smallest absolute Gasteiger partial charge is 0.166 e. The van der Waals surface area contributed by atoms with E-state index in [-0.39, 0.29) is 23.0 Å². The minimum Gasteiger partial charge on any atom is -0.504 e. The van der Waals surface area contributed by atoms with Crippen molar-refractivity contribution < 1.29 is 20.4 Å². The molecule has 33 heavy (non-hydrogen) atoms. The van der Waals surface area contributed by atoms with Crippen LogP contribution < -0.4 is 0 Å². The SMILES string of the molecule is Oc1cccc(C=Nc2ccc(Cc3ccc(N=Cc4cccc(O)c4O)cc3)cc2)c1O. The standard InChI is InChI=1S/C27H22N2O4/c30-24-5-1-3-20(26(24)32)16-28-22-11-7-18(8-12-22)15-19-9-13-23(14-10-19)29-17-21-4-2-6-25(31)27(21)33/h1-14,16-17,30-33H,15H2. The van der Waals surface area contributed by atoms with Crippen molar-refractivity contribution >= 4 is 23.8 Å². The van der Waals surface area contributed by atoms with Gasteiger partial charge >= 0.3 is 0 Å². The second kappa shape index (κ2) is 9.70. The molecule has 0 fully saturated rings. The van der Waals surface area contributed by atoms with Gasteiger partial charge in [0.15, 0.2) is 23.0 Å². The van der Waals surface area contributed by atoms with Crippen molar-refractivity contribution in [3.8, 4) is 23.0 Å². The summed E-state index contributed by atoms with van der Waals surface area (Å²) in [5.41, 5.74) is 4.61. The highest BCUT2D eigenvalue weighted by molar-refractivity contribution is 5.87. The monoisotopic (exact) mass is 438 g/mol. The molecule has 0 aliphatic heterocycles. The van der Waals surface area contributed by atoms with E-state index in [0.717, 1.165) is 28.9 Å². The number of phenolic OH excluding ortho intramolecular Hbond substituents is 4. The number of benzene rings is 4. The Labute approximate surface area is 191 Å². The van der Waals surface area contributed by atoms with Crippen molar-refractivity contribution in [2.75, 3.05) is 0 Å². The summed E-state index contributed by atoms with van der Waals surface area (Å²) in [5.74, 6) is -0.735. The maximum Gasteiger partial charge on any atom is 0.166 e. The first-order valence-corrected chi connectivity index (χ1v) is 10.3. The van der Waals surface area contributed by atoms with E-state index in [1.54, 1.807) is 24.3 Å². The van der Waals surface area contributed by atoms with Crippen LogP contribution >= 0.6 is 0 Å². The molecule has 4 N–H and O–H groups in total. The van der Waals surface area contributed by atoms with Crippen LogP contribution in [0.5, 0.6) is 23.0 Å². The molecular formula is C27H22N2O4. The van der Waals surface area contributed by atoms with Crippen LogP contribution in [-0.2, 0) is 6.42 Å². The summed E-state index contributed by atoms with van der Waals surface area (Å²) in [4.78, 5) is 8.70. The van der Waals surface area contributed by atoms with Crippen molar-refractivity contribution in [3.63, 3.8) is 0 Å². The third-order valence-corrected chi connectivity index (χ3v) is 5.08. The maximum absolute atomic E-state index is 9.85. The van der Waals surface area contributed by atoms with Gasteiger partial charge in [0, 0.05) is 23.6 Å². The lowest BCUT2D eigenvalue weighted by molar-refractivity contribution is 0.403. The van der Waals surface area contributed by atoms with E-state index >= 15 is 0 Å². The molecule has 0 unspecified atom stereocenters. The Balaban J connectivity index is 1.39. The molecule has 4 rings (SSSR count). The normalized spacial score (nSPS) is 11.4. The number of hydrogen-bond donors (Lipinski definition) is 4. The second-order valence-electron chi connectivity index (χ2n) is 7.46. The Kier molecular flexibility index (Phi) is 6.36. The van der Waals surface area contributed by atoms with Crippen molar-refractivity contribution in [1.29, 1.82) is 0 Å². The first-order valence-electron chi connectivity index (χ1n) is 10.3. The van der Waals surface area contributed by atoms with Gasteiger partial charge in [-0.1, -0.05) is 36.4 Å². The van der Waals surface area contributed by atoms with Gasteiger partial charge in [-0.3, -0.25) is 9.98 Å². The fraction of sp³-hybridized carbons (Fsp3) is 0.0370. The molecule has 4 aromatic rings. The minimum absolute atomic E-state index is 0.177. The molecule has 0 amide bonds. The van der Waals surface area contributed by atoms with Crippen LogP contribution in [0, 0.1) is 0 Å². The summed E-state index contributed by atoms with van der Waals surface area (Å²) >= 11 is 0. The van der Waals surface area contributed by atoms with E-state index in [9.17, 15) is 20.4 Å². The Hall–Kier alpha value is -4.58. The van der Waals surface area contributed by atoms with E-state index in [1.165, 1.54) is 24.6 Å². The quantitative estimate of drug-likeness (QED) is 0.232. The summed E-state index contributed by atoms with van der Waals surface area (Å²) in [6.07, 6.45) is 3.77. The minimum atomic E-state index is -0.190. The number of aliphatic imine (C=N–C) groups is 2. The number of aromatic hydroxyl groups is 4. The highest BCUT2D eigenvalue weighted by Crippen LogP contribution is 2.28. The lowest BCUT2D eigenvalue weighted by Gasteiger charge is -2.04. The van der Waals surface area contributed by atoms with Gasteiger partial charge in [-0.2, -0.15) is 0 Å². The predicted molar refractivity (Wildman–Crippen MR) is 130 cm³/mol. The molecule has 0 atom stereocenters. The Morgan fingerprint density at radius 3 is 1.30 bits per heavy atom. The Bertz CT molecular complexity index is 1210. The van der Waals surface area contributed by atoms with E-state index < -0.39 is 0 Å². The molecule has 0 aliphatic rings. The molecule has 0 saturated carbocycles. The number of nitrogens with zero attached hydrogens (tertiary/aromatic N) is 2. The lowest BCUT2D eigenvalue weighted by atomic mass is 10.0. The van der Waals surface area contributed by atoms with E-state index in [4.69, 9.17) is 0 Å². The first kappa shape index (κ1) is 21.6. The molecule has 6 nitrogen and oxygen atoms in total. The topological polar surface area (TPSA) is 106 Å². The van der Waals surface area contributed by atoms with E-state index in [0.29, 0.717) is 11.1 Å². The van der Waals surface area contributed by atoms with Crippen LogP contribution in [-0.4, -0.2) is 32.9 Å². The fourth-order valence-electron chi connectivity index (χ4n) is 3.23. The largest absolute Gasteiger partial charge is 0.504 e. The van der Waals surface area contributed by atoms with Crippen LogP contribution in [0.2, 0.25) is 0 Å². The number of rotatable bonds is 6.